The highest BCUT2D eigenvalue weighted by molar-refractivity contribution is 7.18. The van der Waals surface area contributed by atoms with Gasteiger partial charge in [-0.15, -0.1) is 11.3 Å². The van der Waals surface area contributed by atoms with Gasteiger partial charge in [0.2, 0.25) is 0 Å². The fraction of sp³-hybridized carbons (Fsp3) is 0.230. The zero-order chi connectivity index (χ0) is 99.2. The molecule has 0 bridgehead atoms. The van der Waals surface area contributed by atoms with E-state index in [0.29, 0.717) is 50.1 Å². The number of carbonyl (C=O) groups is 5. The molecule has 22 rings (SSSR count). The normalized spacial score (nSPS) is 14.6. The van der Waals surface area contributed by atoms with Gasteiger partial charge in [-0.25, -0.2) is 19.3 Å². The highest BCUT2D eigenvalue weighted by Gasteiger charge is 2.26. The Morgan fingerprint density at radius 3 is 1.43 bits per heavy atom. The molecule has 0 atom stereocenters. The van der Waals surface area contributed by atoms with Crippen molar-refractivity contribution in [2.45, 2.75) is 39.0 Å². The molecule has 13 heterocycles. The summed E-state index contributed by atoms with van der Waals surface area (Å²) in [6, 6.07) is 68.8. The number of nitrogens with zero attached hydrogens (tertiary/aromatic N) is 11. The SMILES string of the molecule is Cc1ccc(-c2ccco2)cc1NC(=O)c1cnc(N2CCNCC2)s1.Nc1ccc(-c2ccc(F)cc2)cc1CC(=O)c1ccc2nc(N3CCNCC3)ccc2c1.Nc1ccc(-c2ccncc2)cc1CC(=O)c1cnc(N2CCNCC2)s1.Nc1ccc(-c2ccncc2)cc1CC(=O)c1cnc2cc(N3CCNCC3)ccc2c1.Nc1ccc(C2=CC=CC2)cc1CC(=O)c1ccc(N2CCNCC2)s1. The van der Waals surface area contributed by atoms with E-state index in [1.807, 2.05) is 165 Å². The van der Waals surface area contributed by atoms with E-state index in [1.165, 1.54) is 51.1 Å². The lowest BCUT2D eigenvalue weighted by molar-refractivity contribution is 0.0985. The number of allylic oxidation sites excluding steroid dienone is 4. The number of aromatic nitrogens is 6. The Balaban J connectivity index is 0.000000119. The minimum absolute atomic E-state index is 0.00385. The summed E-state index contributed by atoms with van der Waals surface area (Å²) in [6.45, 7) is 21.1. The molecule has 0 spiro atoms. The number of hydrogen-bond donors (Lipinski definition) is 10. The summed E-state index contributed by atoms with van der Waals surface area (Å²) >= 11 is 4.48. The summed E-state index contributed by atoms with van der Waals surface area (Å²) in [5.74, 6) is 1.51. The van der Waals surface area contributed by atoms with Crippen molar-refractivity contribution in [3.63, 3.8) is 0 Å². The molecule has 732 valence electrons. The lowest BCUT2D eigenvalue weighted by atomic mass is 9.96. The van der Waals surface area contributed by atoms with Crippen LogP contribution in [0, 0.1) is 12.7 Å². The smallest absolute Gasteiger partial charge is 0.267 e. The molecule has 144 heavy (non-hydrogen) atoms. The molecule has 1 amide bonds. The van der Waals surface area contributed by atoms with Crippen molar-refractivity contribution < 1.29 is 32.8 Å². The number of nitrogen functional groups attached to an aromatic ring is 4. The summed E-state index contributed by atoms with van der Waals surface area (Å²) in [4.78, 5) is 104. The maximum absolute atomic E-state index is 13.3. The number of Topliss-reactive ketones (excluding diaryl/α,β-unsaturated/α-hetero) is 4. The molecule has 0 radical (unpaired) electrons. The molecule has 6 aliphatic rings. The van der Waals surface area contributed by atoms with Gasteiger partial charge in [-0.05, 0) is 249 Å². The summed E-state index contributed by atoms with van der Waals surface area (Å²) < 4.78 is 18.7. The second kappa shape index (κ2) is 47.5. The van der Waals surface area contributed by atoms with Crippen LogP contribution in [-0.2, 0) is 25.7 Å². The molecule has 16 aromatic rings. The van der Waals surface area contributed by atoms with Gasteiger partial charge in [0.25, 0.3) is 5.91 Å². The topological polar surface area (TPSA) is 368 Å². The fourth-order valence-electron chi connectivity index (χ4n) is 17.8. The molecule has 8 aromatic carbocycles. The van der Waals surface area contributed by atoms with Crippen LogP contribution in [0.1, 0.15) is 89.5 Å². The Kier molecular flexibility index (Phi) is 32.6. The number of nitrogens with one attached hydrogen (secondary N) is 6. The lowest BCUT2D eigenvalue weighted by Crippen LogP contribution is -2.43. The fourth-order valence-corrected chi connectivity index (χ4v) is 20.6. The number of furan rings is 1. The molecule has 0 unspecified atom stereocenters. The molecule has 0 saturated carbocycles. The number of hydrogen-bond acceptors (Lipinski definition) is 29. The number of aryl methyl sites for hydroxylation is 1. The molecule has 14 N–H and O–H groups in total. The average Bonchev–Trinajstić information content (AvgIpc) is 1.14. The molecular weight excluding hydrogens is 1860 g/mol. The van der Waals surface area contributed by atoms with Gasteiger partial charge in [-0.3, -0.25) is 38.9 Å². The summed E-state index contributed by atoms with van der Waals surface area (Å²) in [6.07, 6.45) is 22.0. The number of thiophene rings is 1. The first kappa shape index (κ1) is 98.8. The van der Waals surface area contributed by atoms with Gasteiger partial charge in [0.15, 0.2) is 33.4 Å². The van der Waals surface area contributed by atoms with Crippen LogP contribution < -0.4 is 79.3 Å². The summed E-state index contributed by atoms with van der Waals surface area (Å²) in [5, 5.41) is 24.6. The first-order valence-electron chi connectivity index (χ1n) is 48.5. The minimum Gasteiger partial charge on any atom is -0.464 e. The molecule has 1 aliphatic carbocycles. The second-order valence-corrected chi connectivity index (χ2v) is 38.9. The number of amides is 1. The lowest BCUT2D eigenvalue weighted by Gasteiger charge is -2.29. The standard InChI is InChI=1S/C27H25FN4O.C26H25N5O.C21H23N3OS.C20H21N5OS.C19H20N4O2S/c28-23-6-1-18(2-7-23)19-3-8-24(29)22(15-19)17-26(33)21-4-9-25-20(16-21)5-10-27(31-25)32-13-11-30-12-14-32;27-24-4-2-19(18-5-7-28-8-6-18)13-21(24)15-26(32)22-14-20-1-3-23(16-25(20)30-17-22)31-11-9-29-10-12-31;22-18-6-5-16(15-3-1-2-4-15)13-17(18)14-19(25)20-7-8-21(26-20)24-11-9-23-10-12-24;21-17-2-1-15(14-3-5-22-6-4-14)11-16(17)12-18(26)19-13-24-20(27-19)25-9-7-23-8-10-25;1-13-4-5-14(16-3-2-10-25-16)11-15(13)22-18(24)17-12-21-19(26-17)23-8-6-20-7-9-23/h1-10,15-16,30H,11-14,17,29H2;1-8,13-14,16-17,29H,9-12,15,27H2;1-3,5-8,13,23H,4,9-12,14,22H2;1-6,11,13,23H,7-10,12,21H2;2-5,10-12,20H,6-9H2,1H3,(H,22,24). The van der Waals surface area contributed by atoms with Gasteiger partial charge >= 0.3 is 0 Å². The zero-order valence-electron chi connectivity index (χ0n) is 80.1. The third-order valence-electron chi connectivity index (χ3n) is 26.1. The molecular formula is C113H114FN21O6S3. The number of anilines is 10. The number of nitrogens with two attached hydrogens (primary N) is 4. The van der Waals surface area contributed by atoms with E-state index in [4.69, 9.17) is 32.3 Å². The van der Waals surface area contributed by atoms with Crippen LogP contribution in [-0.4, -0.2) is 190 Å². The van der Waals surface area contributed by atoms with Gasteiger partial charge in [-0.1, -0.05) is 95.5 Å². The van der Waals surface area contributed by atoms with E-state index < -0.39 is 0 Å². The third kappa shape index (κ3) is 25.4. The molecule has 5 fully saturated rings. The number of rotatable bonds is 24. The van der Waals surface area contributed by atoms with Crippen molar-refractivity contribution in [3.05, 3.63) is 351 Å². The Morgan fingerprint density at radius 2 is 0.875 bits per heavy atom. The van der Waals surface area contributed by atoms with E-state index in [2.05, 4.69) is 130 Å². The maximum Gasteiger partial charge on any atom is 0.267 e. The van der Waals surface area contributed by atoms with Crippen LogP contribution in [0.3, 0.4) is 0 Å². The highest BCUT2D eigenvalue weighted by atomic mass is 32.1. The van der Waals surface area contributed by atoms with E-state index in [1.54, 1.807) is 79.2 Å². The van der Waals surface area contributed by atoms with E-state index in [9.17, 15) is 28.4 Å². The van der Waals surface area contributed by atoms with E-state index in [-0.39, 0.29) is 54.1 Å². The molecule has 5 saturated heterocycles. The zero-order valence-corrected chi connectivity index (χ0v) is 82.5. The quantitative estimate of drug-likeness (QED) is 0.0198. The minimum atomic E-state index is -0.282. The predicted octanol–water partition coefficient (Wildman–Crippen LogP) is 17.7. The van der Waals surface area contributed by atoms with Crippen molar-refractivity contribution in [2.24, 2.45) is 0 Å². The molecule has 31 heteroatoms. The number of carbonyl (C=O) groups excluding carboxylic acids is 5. The Bertz CT molecular complexity index is 7270. The number of thiazole rings is 2. The van der Waals surface area contributed by atoms with Crippen LogP contribution in [0.4, 0.5) is 59.6 Å². The predicted molar refractivity (Wildman–Crippen MR) is 583 cm³/mol. The third-order valence-corrected chi connectivity index (χ3v) is 29.4. The van der Waals surface area contributed by atoms with Crippen molar-refractivity contribution in [1.82, 2.24) is 56.5 Å². The number of halogens is 1. The number of fused-ring (bicyclic) bond motifs is 2. The molecule has 5 aliphatic heterocycles. The van der Waals surface area contributed by atoms with Gasteiger partial charge in [0, 0.05) is 249 Å². The average molecular weight is 1980 g/mol. The van der Waals surface area contributed by atoms with Gasteiger partial charge in [-0.2, -0.15) is 0 Å². The highest BCUT2D eigenvalue weighted by Crippen LogP contribution is 2.37. The number of pyridine rings is 4. The van der Waals surface area contributed by atoms with Gasteiger partial charge < -0.3 is 83.8 Å². The Labute approximate surface area is 847 Å². The second-order valence-electron chi connectivity index (χ2n) is 35.8. The maximum atomic E-state index is 13.3. The van der Waals surface area contributed by atoms with Crippen molar-refractivity contribution in [2.75, 3.05) is 184 Å². The number of piperazine rings is 5. The summed E-state index contributed by atoms with van der Waals surface area (Å²) in [5.41, 5.74) is 45.7. The van der Waals surface area contributed by atoms with Crippen molar-refractivity contribution in [1.29, 1.82) is 0 Å². The van der Waals surface area contributed by atoms with Gasteiger partial charge in [0.1, 0.15) is 22.3 Å². The first-order valence-corrected chi connectivity index (χ1v) is 51.0. The monoisotopic (exact) mass is 1980 g/mol. The van der Waals surface area contributed by atoms with Crippen molar-refractivity contribution >= 4 is 146 Å². The summed E-state index contributed by atoms with van der Waals surface area (Å²) in [7, 11) is 0. The first-order chi connectivity index (χ1) is 70.3. The molecule has 27 nitrogen and oxygen atoms in total. The van der Waals surface area contributed by atoms with Crippen LogP contribution >= 0.6 is 34.0 Å². The van der Waals surface area contributed by atoms with Crippen LogP contribution in [0.5, 0.6) is 0 Å². The molecule has 8 aromatic heterocycles. The van der Waals surface area contributed by atoms with Crippen LogP contribution in [0.25, 0.3) is 72.1 Å². The van der Waals surface area contributed by atoms with Crippen LogP contribution in [0.2, 0.25) is 0 Å². The largest absolute Gasteiger partial charge is 0.464 e. The Hall–Kier alpha value is -15.3. The number of ketones is 4. The van der Waals surface area contributed by atoms with E-state index in [0.717, 1.165) is 264 Å². The van der Waals surface area contributed by atoms with Crippen molar-refractivity contribution in [3.8, 4) is 44.7 Å². The number of benzene rings is 8. The van der Waals surface area contributed by atoms with Gasteiger partial charge in [0.05, 0.1) is 44.4 Å². The van der Waals surface area contributed by atoms with E-state index >= 15 is 0 Å². The van der Waals surface area contributed by atoms with Crippen LogP contribution in [0.15, 0.2) is 291 Å². The Morgan fingerprint density at radius 1 is 0.403 bits per heavy atom.